The molecule has 2 saturated carbocycles. The van der Waals surface area contributed by atoms with Gasteiger partial charge < -0.3 is 10.1 Å². The quantitative estimate of drug-likeness (QED) is 0.403. The van der Waals surface area contributed by atoms with Crippen LogP contribution in [-0.2, 0) is 19.1 Å². The lowest BCUT2D eigenvalue weighted by atomic mass is 9.81. The lowest BCUT2D eigenvalue weighted by Crippen LogP contribution is -2.32. The van der Waals surface area contributed by atoms with Crippen LogP contribution in [0.1, 0.15) is 46.9 Å². The smallest absolute Gasteiger partial charge is 0.338 e. The number of nitrogens with zero attached hydrogens (tertiary/aromatic N) is 1. The monoisotopic (exact) mass is 460 g/mol. The van der Waals surface area contributed by atoms with Gasteiger partial charge in [-0.05, 0) is 86.6 Å². The second kappa shape index (κ2) is 8.52. The maximum atomic E-state index is 12.9. The summed E-state index contributed by atoms with van der Waals surface area (Å²) in [4.78, 5) is 62.9. The van der Waals surface area contributed by atoms with E-state index in [0.717, 1.165) is 19.3 Å². The van der Waals surface area contributed by atoms with Gasteiger partial charge in [-0.1, -0.05) is 0 Å². The minimum atomic E-state index is -0.692. The highest BCUT2D eigenvalue weighted by Crippen LogP contribution is 2.56. The number of Topliss-reactive ketones (excluding diaryl/α,β-unsaturated/α-hetero) is 1. The van der Waals surface area contributed by atoms with Gasteiger partial charge in [-0.25, -0.2) is 4.79 Å². The second-order valence-electron chi connectivity index (χ2n) is 9.20. The molecule has 2 aromatic rings. The first-order valence-corrected chi connectivity index (χ1v) is 11.4. The summed E-state index contributed by atoms with van der Waals surface area (Å²) < 4.78 is 5.08. The molecule has 4 atom stereocenters. The van der Waals surface area contributed by atoms with Crippen molar-refractivity contribution < 1.29 is 28.7 Å². The highest BCUT2D eigenvalue weighted by molar-refractivity contribution is 6.22. The van der Waals surface area contributed by atoms with E-state index in [1.54, 1.807) is 36.4 Å². The number of hydrogen-bond acceptors (Lipinski definition) is 6. The summed E-state index contributed by atoms with van der Waals surface area (Å²) in [5.74, 6) is -1.34. The number of carbonyl (C=O) groups is 5. The van der Waals surface area contributed by atoms with Gasteiger partial charge in [-0.15, -0.1) is 0 Å². The molecule has 1 aliphatic heterocycles. The van der Waals surface area contributed by atoms with Gasteiger partial charge in [-0.2, -0.15) is 0 Å². The van der Waals surface area contributed by atoms with Crippen molar-refractivity contribution in [3.05, 3.63) is 59.7 Å². The van der Waals surface area contributed by atoms with Crippen molar-refractivity contribution in [2.24, 2.45) is 23.7 Å². The molecular formula is C26H24N2O6. The molecule has 5 rings (SSSR count). The molecule has 3 fully saturated rings. The van der Waals surface area contributed by atoms with Crippen LogP contribution in [0, 0.1) is 23.7 Å². The molecule has 174 valence electrons. The standard InChI is InChI=1S/C26H24N2O6/c1-14(29)15-4-8-19(9-5-15)27-21(30)13-34-26(33)16-6-10-20(11-7-16)28-24(31)22-17-2-3-18(12-17)23(22)25(28)32/h4-11,17-18,22-23H,2-3,12-13H2,1H3,(H,27,30)/t17-,18-,22-,23+/m0/s1. The van der Waals surface area contributed by atoms with Crippen LogP contribution in [0.2, 0.25) is 0 Å². The molecule has 34 heavy (non-hydrogen) atoms. The lowest BCUT2D eigenvalue weighted by Gasteiger charge is -2.19. The number of benzene rings is 2. The molecule has 1 saturated heterocycles. The van der Waals surface area contributed by atoms with Crippen LogP contribution >= 0.6 is 0 Å². The minimum Gasteiger partial charge on any atom is -0.452 e. The molecule has 2 aromatic carbocycles. The van der Waals surface area contributed by atoms with Crippen molar-refractivity contribution in [1.82, 2.24) is 0 Å². The molecule has 0 radical (unpaired) electrons. The minimum absolute atomic E-state index is 0.0775. The van der Waals surface area contributed by atoms with Gasteiger partial charge in [0.2, 0.25) is 11.8 Å². The topological polar surface area (TPSA) is 110 Å². The molecule has 0 aromatic heterocycles. The average Bonchev–Trinajstić information content (AvgIpc) is 3.51. The zero-order valence-corrected chi connectivity index (χ0v) is 18.7. The van der Waals surface area contributed by atoms with Crippen LogP contribution in [0.25, 0.3) is 0 Å². The van der Waals surface area contributed by atoms with Crippen molar-refractivity contribution in [3.63, 3.8) is 0 Å². The average molecular weight is 460 g/mol. The third kappa shape index (κ3) is 3.79. The third-order valence-corrected chi connectivity index (χ3v) is 7.20. The molecule has 2 aliphatic carbocycles. The summed E-state index contributed by atoms with van der Waals surface area (Å²) >= 11 is 0. The van der Waals surface area contributed by atoms with E-state index in [9.17, 15) is 24.0 Å². The number of ketones is 1. The van der Waals surface area contributed by atoms with Crippen LogP contribution in [-0.4, -0.2) is 36.1 Å². The predicted octanol–water partition coefficient (Wildman–Crippen LogP) is 3.22. The van der Waals surface area contributed by atoms with Crippen LogP contribution in [0.4, 0.5) is 11.4 Å². The number of ether oxygens (including phenoxy) is 1. The van der Waals surface area contributed by atoms with Crippen molar-refractivity contribution in [1.29, 1.82) is 0 Å². The van der Waals surface area contributed by atoms with E-state index in [4.69, 9.17) is 4.74 Å². The van der Waals surface area contributed by atoms with E-state index in [-0.39, 0.29) is 35.0 Å². The highest BCUT2D eigenvalue weighted by atomic mass is 16.5. The number of nitrogens with one attached hydrogen (secondary N) is 1. The summed E-state index contributed by atoms with van der Waals surface area (Å²) in [6.45, 7) is 0.971. The Kier molecular flexibility index (Phi) is 5.51. The molecule has 8 nitrogen and oxygen atoms in total. The van der Waals surface area contributed by atoms with Crippen LogP contribution in [0.5, 0.6) is 0 Å². The Morgan fingerprint density at radius 2 is 1.44 bits per heavy atom. The Morgan fingerprint density at radius 3 is 2.00 bits per heavy atom. The van der Waals surface area contributed by atoms with E-state index in [1.165, 1.54) is 24.0 Å². The fraction of sp³-hybridized carbons (Fsp3) is 0.346. The predicted molar refractivity (Wildman–Crippen MR) is 122 cm³/mol. The first-order chi connectivity index (χ1) is 16.3. The lowest BCUT2D eigenvalue weighted by molar-refractivity contribution is -0.123. The number of fused-ring (bicyclic) bond motifs is 5. The number of esters is 1. The van der Waals surface area contributed by atoms with Gasteiger partial charge in [0.15, 0.2) is 12.4 Å². The van der Waals surface area contributed by atoms with E-state index in [0.29, 0.717) is 28.8 Å². The van der Waals surface area contributed by atoms with Crippen molar-refractivity contribution in [2.75, 3.05) is 16.8 Å². The summed E-state index contributed by atoms with van der Waals surface area (Å²) in [6.07, 6.45) is 3.00. The van der Waals surface area contributed by atoms with Gasteiger partial charge in [0, 0.05) is 11.3 Å². The first-order valence-electron chi connectivity index (χ1n) is 11.4. The summed E-state index contributed by atoms with van der Waals surface area (Å²) in [5, 5.41) is 2.59. The number of anilines is 2. The Hall–Kier alpha value is -3.81. The fourth-order valence-corrected chi connectivity index (χ4v) is 5.61. The van der Waals surface area contributed by atoms with Gasteiger partial charge in [0.05, 0.1) is 23.1 Å². The third-order valence-electron chi connectivity index (χ3n) is 7.20. The Morgan fingerprint density at radius 1 is 0.882 bits per heavy atom. The van der Waals surface area contributed by atoms with Crippen molar-refractivity contribution >= 4 is 40.8 Å². The Bertz CT molecular complexity index is 1160. The number of rotatable bonds is 6. The van der Waals surface area contributed by atoms with Crippen molar-refractivity contribution in [3.8, 4) is 0 Å². The van der Waals surface area contributed by atoms with Gasteiger partial charge in [0.25, 0.3) is 5.91 Å². The molecule has 1 N–H and O–H groups in total. The zero-order chi connectivity index (χ0) is 24.0. The number of hydrogen-bond donors (Lipinski definition) is 1. The SMILES string of the molecule is CC(=O)c1ccc(NC(=O)COC(=O)c2ccc(N3C(=O)[C@@H]4[C@H]5CC[C@@H](C5)[C@@H]4C3=O)cc2)cc1. The highest BCUT2D eigenvalue weighted by Gasteiger charge is 2.61. The van der Waals surface area contributed by atoms with Crippen LogP contribution in [0.15, 0.2) is 48.5 Å². The normalized spacial score (nSPS) is 24.8. The molecule has 1 heterocycles. The zero-order valence-electron chi connectivity index (χ0n) is 18.7. The van der Waals surface area contributed by atoms with E-state index in [1.807, 2.05) is 0 Å². The second-order valence-corrected chi connectivity index (χ2v) is 9.20. The molecule has 8 heteroatoms. The maximum Gasteiger partial charge on any atom is 0.338 e. The van der Waals surface area contributed by atoms with E-state index >= 15 is 0 Å². The van der Waals surface area contributed by atoms with E-state index in [2.05, 4.69) is 5.32 Å². The summed E-state index contributed by atoms with van der Waals surface area (Å²) in [6, 6.07) is 12.5. The fourth-order valence-electron chi connectivity index (χ4n) is 5.61. The van der Waals surface area contributed by atoms with Gasteiger partial charge in [0.1, 0.15) is 0 Å². The molecule has 0 spiro atoms. The summed E-state index contributed by atoms with van der Waals surface area (Å²) in [7, 11) is 0. The van der Waals surface area contributed by atoms with Crippen LogP contribution in [0.3, 0.4) is 0 Å². The molecular weight excluding hydrogens is 436 g/mol. The number of imide groups is 1. The Labute approximate surface area is 196 Å². The largest absolute Gasteiger partial charge is 0.452 e. The molecule has 3 amide bonds. The molecule has 3 aliphatic rings. The number of amides is 3. The van der Waals surface area contributed by atoms with Gasteiger partial charge in [-0.3, -0.25) is 24.1 Å². The maximum absolute atomic E-state index is 12.9. The van der Waals surface area contributed by atoms with E-state index < -0.39 is 18.5 Å². The number of carbonyl (C=O) groups excluding carboxylic acids is 5. The first kappa shape index (κ1) is 22.0. The van der Waals surface area contributed by atoms with Crippen molar-refractivity contribution in [2.45, 2.75) is 26.2 Å². The van der Waals surface area contributed by atoms with Gasteiger partial charge >= 0.3 is 5.97 Å². The Balaban J connectivity index is 1.17. The molecule has 0 unspecified atom stereocenters. The summed E-state index contributed by atoms with van der Waals surface area (Å²) in [5.41, 5.74) is 1.67. The molecule has 2 bridgehead atoms. The van der Waals surface area contributed by atoms with Crippen LogP contribution < -0.4 is 10.2 Å².